The molecule has 2 aromatic heterocycles. The van der Waals surface area contributed by atoms with Gasteiger partial charge in [-0.2, -0.15) is 0 Å². The minimum Gasteiger partial charge on any atom is -0.497 e. The molecule has 4 aromatic rings. The van der Waals surface area contributed by atoms with Crippen LogP contribution < -0.4 is 24.8 Å². The molecule has 3 fully saturated rings. The molecule has 1 aliphatic heterocycles. The number of methoxy groups -OCH3 is 1. The Morgan fingerprint density at radius 1 is 1.07 bits per heavy atom. The first-order valence-corrected chi connectivity index (χ1v) is 20.8. The number of nitrogens with zero attached hydrogens (tertiary/aromatic N) is 5. The second kappa shape index (κ2) is 16.9. The van der Waals surface area contributed by atoms with E-state index >= 15 is 0 Å². The molecule has 2 saturated carbocycles. The minimum absolute atomic E-state index is 0.0782. The van der Waals surface area contributed by atoms with E-state index in [2.05, 4.69) is 38.5 Å². The van der Waals surface area contributed by atoms with Crippen LogP contribution >= 0.6 is 0 Å². The summed E-state index contributed by atoms with van der Waals surface area (Å²) in [4.78, 5) is 84.2. The number of aromatic nitrogens is 3. The number of pyridine rings is 1. The molecule has 3 heterocycles. The lowest BCUT2D eigenvalue weighted by Crippen LogP contribution is -2.59. The Morgan fingerprint density at radius 3 is 2.48 bits per heavy atom. The third-order valence-electron chi connectivity index (χ3n) is 10.8. The first-order valence-electron chi connectivity index (χ1n) is 19.2. The van der Waals surface area contributed by atoms with Crippen molar-refractivity contribution in [2.24, 2.45) is 5.92 Å². The van der Waals surface area contributed by atoms with Crippen molar-refractivity contribution in [2.75, 3.05) is 27.2 Å². The first-order chi connectivity index (χ1) is 28.8. The Balaban J connectivity index is 1.24. The Hall–Kier alpha value is -6.69. The molecule has 17 nitrogen and oxygen atoms in total. The largest absolute Gasteiger partial charge is 0.497 e. The molecule has 0 radical (unpaired) electrons. The third kappa shape index (κ3) is 8.68. The maximum absolute atomic E-state index is 14.8. The fourth-order valence-electron chi connectivity index (χ4n) is 7.29. The first kappa shape index (κ1) is 41.5. The van der Waals surface area contributed by atoms with Gasteiger partial charge in [-0.1, -0.05) is 43.0 Å². The maximum Gasteiger partial charge on any atom is 0.272 e. The van der Waals surface area contributed by atoms with Crippen molar-refractivity contribution in [1.29, 1.82) is 0 Å². The highest BCUT2D eigenvalue weighted by Crippen LogP contribution is 2.45. The molecule has 1 saturated heterocycles. The Labute approximate surface area is 346 Å². The number of carbonyl (C=O) groups excluding carboxylic acids is 5. The highest BCUT2D eigenvalue weighted by Gasteiger charge is 2.62. The van der Waals surface area contributed by atoms with E-state index in [1.54, 1.807) is 31.4 Å². The number of ether oxygens (including phenoxy) is 2. The summed E-state index contributed by atoms with van der Waals surface area (Å²) in [6, 6.07) is 13.8. The lowest BCUT2D eigenvalue weighted by Gasteiger charge is -2.31. The van der Waals surface area contributed by atoms with E-state index in [9.17, 15) is 32.4 Å². The predicted molar refractivity (Wildman–Crippen MR) is 219 cm³/mol. The van der Waals surface area contributed by atoms with Gasteiger partial charge in [0.2, 0.25) is 27.7 Å². The van der Waals surface area contributed by atoms with Crippen molar-refractivity contribution < 1.29 is 41.9 Å². The normalized spacial score (nSPS) is 21.2. The minimum atomic E-state index is -3.97. The summed E-state index contributed by atoms with van der Waals surface area (Å²) in [6.07, 6.45) is 6.41. The Bertz CT molecular complexity index is 2470. The molecular formula is C42H44N8O9S. The van der Waals surface area contributed by atoms with Crippen molar-refractivity contribution in [3.63, 3.8) is 0 Å². The van der Waals surface area contributed by atoms with Crippen LogP contribution in [0.5, 0.6) is 11.5 Å². The van der Waals surface area contributed by atoms with Gasteiger partial charge < -0.3 is 29.9 Å². The molecule has 0 bridgehead atoms. The van der Waals surface area contributed by atoms with Gasteiger partial charge in [-0.15, -0.1) is 6.58 Å². The zero-order chi connectivity index (χ0) is 42.8. The topological polar surface area (TPSA) is 219 Å². The number of sulfonamides is 1. The number of benzene rings is 2. The number of fused-ring (bicyclic) bond motifs is 1. The van der Waals surface area contributed by atoms with E-state index in [4.69, 9.17) is 14.5 Å². The van der Waals surface area contributed by atoms with Crippen LogP contribution in [0.15, 0.2) is 98.5 Å². The number of hydrogen-bond donors (Lipinski definition) is 3. The average molecular weight is 837 g/mol. The highest BCUT2D eigenvalue weighted by molar-refractivity contribution is 7.91. The van der Waals surface area contributed by atoms with Crippen LogP contribution in [0.2, 0.25) is 0 Å². The van der Waals surface area contributed by atoms with Gasteiger partial charge in [0.15, 0.2) is 0 Å². The molecule has 5 atom stereocenters. The second-order valence-electron chi connectivity index (χ2n) is 15.0. The molecule has 3 N–H and O–H groups in total. The van der Waals surface area contributed by atoms with Gasteiger partial charge in [0.1, 0.15) is 40.9 Å². The van der Waals surface area contributed by atoms with Crippen LogP contribution in [0.4, 0.5) is 0 Å². The fraction of sp³-hybridized carbons (Fsp3) is 0.333. The standard InChI is InChI=1S/C42H44N8O9S/c1-5-26-21-42(26,41(55)48-60(56,57)29-13-14-29)47-39(53)35-19-28(59-36-20-31(25-10-8-7-9-11-25)45-32-18-27(58-4)12-15-30(32)36)23-50(35)40(54)34(24-49(3)37(51)6-2)46-38(52)33-22-43-16-17-44-33/h5-12,15-18,20,22,26,28-29,34-35H,1-2,13-14,19,21,23-24H2,3-4H3,(H,46,52)(H,47,53)(H,48,55)/t26-,28?,34+,35+,42-/m1/s1. The summed E-state index contributed by atoms with van der Waals surface area (Å²) >= 11 is 0. The van der Waals surface area contributed by atoms with Crippen LogP contribution in [-0.2, 0) is 29.2 Å². The summed E-state index contributed by atoms with van der Waals surface area (Å²) in [5.41, 5.74) is 0.215. The highest BCUT2D eigenvalue weighted by atomic mass is 32.2. The third-order valence-corrected chi connectivity index (χ3v) is 12.7. The Morgan fingerprint density at radius 2 is 1.83 bits per heavy atom. The van der Waals surface area contributed by atoms with Crippen LogP contribution in [0.25, 0.3) is 22.2 Å². The second-order valence-corrected chi connectivity index (χ2v) is 16.9. The van der Waals surface area contributed by atoms with Crippen LogP contribution in [0.1, 0.15) is 36.2 Å². The van der Waals surface area contributed by atoms with Gasteiger partial charge in [-0.25, -0.2) is 18.4 Å². The smallest absolute Gasteiger partial charge is 0.272 e. The zero-order valence-corrected chi connectivity index (χ0v) is 33.8. The molecule has 5 amide bonds. The fourth-order valence-corrected chi connectivity index (χ4v) is 8.65. The van der Waals surface area contributed by atoms with Crippen molar-refractivity contribution in [3.8, 4) is 22.8 Å². The number of hydrogen-bond acceptors (Lipinski definition) is 12. The number of carbonyl (C=O) groups is 5. The van der Waals surface area contributed by atoms with Gasteiger partial charge in [-0.05, 0) is 37.5 Å². The number of amides is 5. The van der Waals surface area contributed by atoms with Gasteiger partial charge in [0.25, 0.3) is 11.8 Å². The van der Waals surface area contributed by atoms with Crippen molar-refractivity contribution >= 4 is 50.5 Å². The molecule has 60 heavy (non-hydrogen) atoms. The van der Waals surface area contributed by atoms with Crippen molar-refractivity contribution in [3.05, 3.63) is 104 Å². The lowest BCUT2D eigenvalue weighted by molar-refractivity contribution is -0.141. The van der Waals surface area contributed by atoms with Crippen molar-refractivity contribution in [2.45, 2.75) is 54.7 Å². The molecule has 3 aliphatic rings. The van der Waals surface area contributed by atoms with Crippen LogP contribution in [0, 0.1) is 5.92 Å². The predicted octanol–water partition coefficient (Wildman–Crippen LogP) is 2.16. The van der Waals surface area contributed by atoms with Crippen LogP contribution in [0.3, 0.4) is 0 Å². The van der Waals surface area contributed by atoms with E-state index < -0.39 is 74.5 Å². The van der Waals surface area contributed by atoms with E-state index in [0.717, 1.165) is 11.6 Å². The lowest BCUT2D eigenvalue weighted by atomic mass is 10.1. The van der Waals surface area contributed by atoms with E-state index in [-0.39, 0.29) is 31.6 Å². The summed E-state index contributed by atoms with van der Waals surface area (Å²) in [7, 11) is -1.00. The van der Waals surface area contributed by atoms with Gasteiger partial charge in [-0.3, -0.25) is 33.7 Å². The van der Waals surface area contributed by atoms with Gasteiger partial charge >= 0.3 is 0 Å². The van der Waals surface area contributed by atoms with E-state index in [0.29, 0.717) is 40.9 Å². The molecule has 1 unspecified atom stereocenters. The number of nitrogens with one attached hydrogen (secondary N) is 3. The monoisotopic (exact) mass is 836 g/mol. The molecule has 2 aliphatic carbocycles. The molecule has 312 valence electrons. The maximum atomic E-state index is 14.8. The number of likely N-dealkylation sites (tertiary alicyclic amines) is 1. The molecule has 2 aromatic carbocycles. The molecule has 18 heteroatoms. The van der Waals surface area contributed by atoms with Gasteiger partial charge in [0, 0.05) is 61.4 Å². The average Bonchev–Trinajstić information content (AvgIpc) is 4.19. The molecule has 0 spiro atoms. The zero-order valence-electron chi connectivity index (χ0n) is 32.9. The summed E-state index contributed by atoms with van der Waals surface area (Å²) in [5, 5.41) is 5.34. The Kier molecular flexibility index (Phi) is 11.7. The van der Waals surface area contributed by atoms with Crippen molar-refractivity contribution in [1.82, 2.24) is 40.1 Å². The summed E-state index contributed by atoms with van der Waals surface area (Å²) in [6.45, 7) is 6.79. The van der Waals surface area contributed by atoms with E-state index in [1.807, 2.05) is 30.3 Å². The number of likely N-dealkylation sites (N-methyl/N-ethyl adjacent to an activating group) is 1. The number of rotatable bonds is 16. The summed E-state index contributed by atoms with van der Waals surface area (Å²) in [5.74, 6) is -3.34. The van der Waals surface area contributed by atoms with E-state index in [1.165, 1.54) is 41.5 Å². The molecule has 7 rings (SSSR count). The summed E-state index contributed by atoms with van der Waals surface area (Å²) < 4.78 is 39.9. The quantitative estimate of drug-likeness (QED) is 0.109. The SMILES string of the molecule is C=CC(=O)N(C)C[C@H](NC(=O)c1cnccn1)C(=O)N1CC(Oc2cc(-c3ccccc3)nc3cc(OC)ccc23)C[C@H]1C(=O)N[C@]1(C(=O)NS(=O)(=O)C2CC2)C[C@H]1C=C. The van der Waals surface area contributed by atoms with Crippen LogP contribution in [-0.4, -0.2) is 119 Å². The molecular weight excluding hydrogens is 793 g/mol. The van der Waals surface area contributed by atoms with Gasteiger partial charge in [0.05, 0.1) is 36.3 Å².